The molecule has 3 nitrogen and oxygen atoms in total. The maximum atomic E-state index is 4.74. The molecular weight excluding hydrogens is 266 g/mol. The summed E-state index contributed by atoms with van der Waals surface area (Å²) in [4.78, 5) is 7.18. The molecule has 0 saturated heterocycles. The zero-order valence-electron chi connectivity index (χ0n) is 13.2. The maximum absolute atomic E-state index is 4.74. The lowest BCUT2D eigenvalue weighted by Gasteiger charge is -2.19. The van der Waals surface area contributed by atoms with E-state index in [2.05, 4.69) is 36.5 Å². The molecule has 0 amide bonds. The van der Waals surface area contributed by atoms with Gasteiger partial charge in [0.25, 0.3) is 0 Å². The Kier molecular flexibility index (Phi) is 6.46. The van der Waals surface area contributed by atoms with E-state index in [-0.39, 0.29) is 0 Å². The summed E-state index contributed by atoms with van der Waals surface area (Å²) < 4.78 is 0. The van der Waals surface area contributed by atoms with Crippen LogP contribution in [0.1, 0.15) is 50.2 Å². The fourth-order valence-corrected chi connectivity index (χ4v) is 3.70. The third-order valence-electron chi connectivity index (χ3n) is 3.90. The fourth-order valence-electron chi connectivity index (χ4n) is 2.95. The van der Waals surface area contributed by atoms with E-state index in [4.69, 9.17) is 4.98 Å². The molecule has 0 aromatic carbocycles. The largest absolute Gasteiger partial charge is 0.310 e. The van der Waals surface area contributed by atoms with Gasteiger partial charge in [0.1, 0.15) is 5.01 Å². The van der Waals surface area contributed by atoms with E-state index in [1.807, 2.05) is 0 Å². The molecule has 4 heteroatoms. The van der Waals surface area contributed by atoms with Crippen LogP contribution in [0.3, 0.4) is 0 Å². The van der Waals surface area contributed by atoms with Crippen molar-refractivity contribution in [3.05, 3.63) is 16.1 Å². The van der Waals surface area contributed by atoms with Gasteiger partial charge in [0.2, 0.25) is 0 Å². The molecule has 0 bridgehead atoms. The normalized spacial score (nSPS) is 16.6. The first-order valence-electron chi connectivity index (χ1n) is 7.96. The van der Waals surface area contributed by atoms with Crippen molar-refractivity contribution < 1.29 is 0 Å². The number of hydrogen-bond acceptors (Lipinski definition) is 4. The Balaban J connectivity index is 1.71. The molecule has 1 aliphatic rings. The van der Waals surface area contributed by atoms with Crippen molar-refractivity contribution in [3.8, 4) is 0 Å². The van der Waals surface area contributed by atoms with Crippen molar-refractivity contribution >= 4 is 11.3 Å². The van der Waals surface area contributed by atoms with Crippen LogP contribution in [-0.4, -0.2) is 30.0 Å². The van der Waals surface area contributed by atoms with Gasteiger partial charge in [-0.2, -0.15) is 0 Å². The summed E-state index contributed by atoms with van der Waals surface area (Å²) in [6.07, 6.45) is 5.71. The lowest BCUT2D eigenvalue weighted by Crippen LogP contribution is -2.24. The molecule has 1 aliphatic carbocycles. The minimum Gasteiger partial charge on any atom is -0.310 e. The Morgan fingerprint density at radius 3 is 2.85 bits per heavy atom. The second-order valence-electron chi connectivity index (χ2n) is 6.60. The van der Waals surface area contributed by atoms with Crippen LogP contribution in [-0.2, 0) is 13.1 Å². The van der Waals surface area contributed by atoms with Gasteiger partial charge in [-0.15, -0.1) is 11.3 Å². The van der Waals surface area contributed by atoms with Crippen molar-refractivity contribution in [2.45, 2.75) is 52.6 Å². The Morgan fingerprint density at radius 1 is 1.40 bits per heavy atom. The van der Waals surface area contributed by atoms with Crippen LogP contribution in [0.5, 0.6) is 0 Å². The van der Waals surface area contributed by atoms with E-state index < -0.39 is 0 Å². The van der Waals surface area contributed by atoms with Crippen molar-refractivity contribution in [2.24, 2.45) is 11.8 Å². The number of thiazole rings is 1. The van der Waals surface area contributed by atoms with Gasteiger partial charge in [-0.1, -0.05) is 26.7 Å². The molecule has 0 unspecified atom stereocenters. The molecule has 1 aromatic rings. The van der Waals surface area contributed by atoms with E-state index >= 15 is 0 Å². The lowest BCUT2D eigenvalue weighted by atomic mass is 10.1. The Labute approximate surface area is 127 Å². The first-order valence-corrected chi connectivity index (χ1v) is 8.84. The van der Waals surface area contributed by atoms with Crippen LogP contribution < -0.4 is 5.32 Å². The summed E-state index contributed by atoms with van der Waals surface area (Å²) >= 11 is 1.79. The quantitative estimate of drug-likeness (QED) is 0.795. The molecule has 1 saturated carbocycles. The highest BCUT2D eigenvalue weighted by Gasteiger charge is 2.17. The monoisotopic (exact) mass is 295 g/mol. The van der Waals surface area contributed by atoms with E-state index in [0.717, 1.165) is 25.6 Å². The Hall–Kier alpha value is -0.450. The van der Waals surface area contributed by atoms with E-state index in [9.17, 15) is 0 Å². The number of rotatable bonds is 8. The Bertz CT molecular complexity index is 383. The van der Waals surface area contributed by atoms with Gasteiger partial charge in [-0.3, -0.25) is 0 Å². The molecule has 2 rings (SSSR count). The van der Waals surface area contributed by atoms with Gasteiger partial charge in [0.15, 0.2) is 0 Å². The number of aromatic nitrogens is 1. The molecular formula is C16H29N3S. The van der Waals surface area contributed by atoms with Gasteiger partial charge in [-0.25, -0.2) is 4.98 Å². The van der Waals surface area contributed by atoms with Crippen LogP contribution in [0.2, 0.25) is 0 Å². The third kappa shape index (κ3) is 5.51. The first-order chi connectivity index (χ1) is 9.63. The summed E-state index contributed by atoms with van der Waals surface area (Å²) in [5.41, 5.74) is 1.23. The average Bonchev–Trinajstić information content (AvgIpc) is 3.01. The molecule has 0 spiro atoms. The van der Waals surface area contributed by atoms with Gasteiger partial charge < -0.3 is 10.2 Å². The zero-order chi connectivity index (χ0) is 14.4. The van der Waals surface area contributed by atoms with Crippen molar-refractivity contribution in [1.82, 2.24) is 15.2 Å². The number of nitrogens with zero attached hydrogens (tertiary/aromatic N) is 2. The lowest BCUT2D eigenvalue weighted by molar-refractivity contribution is 0.269. The predicted octanol–water partition coefficient (Wildman–Crippen LogP) is 3.51. The topological polar surface area (TPSA) is 28.2 Å². The predicted molar refractivity (Wildman–Crippen MR) is 87.0 cm³/mol. The summed E-state index contributed by atoms with van der Waals surface area (Å²) in [7, 11) is 2.23. The standard InChI is InChI=1S/C16H29N3S/c1-13(2)8-17-9-16-18-15(12-20-16)11-19(3)10-14-6-4-5-7-14/h12-14,17H,4-11H2,1-3H3. The second-order valence-corrected chi connectivity index (χ2v) is 7.55. The number of hydrogen-bond donors (Lipinski definition) is 1. The maximum Gasteiger partial charge on any atom is 0.107 e. The first kappa shape index (κ1) is 15.9. The van der Waals surface area contributed by atoms with Crippen molar-refractivity contribution in [2.75, 3.05) is 20.1 Å². The summed E-state index contributed by atoms with van der Waals surface area (Å²) in [5.74, 6) is 1.62. The van der Waals surface area contributed by atoms with Gasteiger partial charge in [-0.05, 0) is 38.3 Å². The molecule has 0 atom stereocenters. The minimum absolute atomic E-state index is 0.701. The summed E-state index contributed by atoms with van der Waals surface area (Å²) in [6.45, 7) is 8.68. The third-order valence-corrected chi connectivity index (χ3v) is 4.80. The molecule has 0 radical (unpaired) electrons. The van der Waals surface area contributed by atoms with Crippen LogP contribution in [0.25, 0.3) is 0 Å². The minimum atomic E-state index is 0.701. The SMILES string of the molecule is CC(C)CNCc1nc(CN(C)CC2CCCC2)cs1. The number of nitrogens with one attached hydrogen (secondary N) is 1. The summed E-state index contributed by atoms with van der Waals surface area (Å²) in [5, 5.41) is 6.90. The van der Waals surface area contributed by atoms with Crippen LogP contribution >= 0.6 is 11.3 Å². The van der Waals surface area contributed by atoms with Crippen LogP contribution in [0, 0.1) is 11.8 Å². The summed E-state index contributed by atoms with van der Waals surface area (Å²) in [6, 6.07) is 0. The highest BCUT2D eigenvalue weighted by molar-refractivity contribution is 7.09. The van der Waals surface area contributed by atoms with Gasteiger partial charge in [0, 0.05) is 25.0 Å². The van der Waals surface area contributed by atoms with E-state index in [0.29, 0.717) is 5.92 Å². The van der Waals surface area contributed by atoms with Crippen molar-refractivity contribution in [3.63, 3.8) is 0 Å². The van der Waals surface area contributed by atoms with Crippen LogP contribution in [0.15, 0.2) is 5.38 Å². The second kappa shape index (κ2) is 8.11. The smallest absolute Gasteiger partial charge is 0.107 e. The Morgan fingerprint density at radius 2 is 2.15 bits per heavy atom. The molecule has 1 aromatic heterocycles. The molecule has 1 fully saturated rings. The fraction of sp³-hybridized carbons (Fsp3) is 0.812. The van der Waals surface area contributed by atoms with Crippen LogP contribution in [0.4, 0.5) is 0 Å². The van der Waals surface area contributed by atoms with Gasteiger partial charge in [0.05, 0.1) is 5.69 Å². The molecule has 20 heavy (non-hydrogen) atoms. The zero-order valence-corrected chi connectivity index (χ0v) is 14.0. The molecule has 114 valence electrons. The van der Waals surface area contributed by atoms with Crippen molar-refractivity contribution in [1.29, 1.82) is 0 Å². The van der Waals surface area contributed by atoms with E-state index in [1.54, 1.807) is 11.3 Å². The molecule has 1 N–H and O–H groups in total. The van der Waals surface area contributed by atoms with E-state index in [1.165, 1.54) is 42.9 Å². The molecule has 0 aliphatic heterocycles. The molecule has 1 heterocycles. The highest BCUT2D eigenvalue weighted by Crippen LogP contribution is 2.25. The average molecular weight is 295 g/mol. The van der Waals surface area contributed by atoms with Gasteiger partial charge >= 0.3 is 0 Å². The highest BCUT2D eigenvalue weighted by atomic mass is 32.1.